The second kappa shape index (κ2) is 3.86. The van der Waals surface area contributed by atoms with E-state index in [9.17, 15) is 0 Å². The lowest BCUT2D eigenvalue weighted by Gasteiger charge is -2.57. The van der Waals surface area contributed by atoms with Crippen molar-refractivity contribution in [3.8, 4) is 0 Å². The Morgan fingerprint density at radius 3 is 2.22 bits per heavy atom. The van der Waals surface area contributed by atoms with Gasteiger partial charge >= 0.3 is 0 Å². The third-order valence-electron chi connectivity index (χ3n) is 5.15. The summed E-state index contributed by atoms with van der Waals surface area (Å²) in [6.45, 7) is 0. The molecule has 1 N–H and O–H groups in total. The molecule has 2 nitrogen and oxygen atoms in total. The minimum Gasteiger partial charge on any atom is -0.365 e. The maximum Gasteiger partial charge on any atom is 0.131 e. The Bertz CT molecular complexity index is 436. The summed E-state index contributed by atoms with van der Waals surface area (Å²) in [6.07, 6.45) is 8.45. The number of anilines is 1. The normalized spacial score (nSPS) is 41.1. The second-order valence-corrected chi connectivity index (χ2v) is 7.06. The lowest BCUT2D eigenvalue weighted by Crippen LogP contribution is -2.54. The Hall–Kier alpha value is -0.760. The van der Waals surface area contributed by atoms with Crippen molar-refractivity contribution in [2.75, 3.05) is 5.32 Å². The molecule has 0 aromatic carbocycles. The molecule has 0 amide bonds. The van der Waals surface area contributed by atoms with E-state index in [1.54, 1.807) is 0 Å². The molecule has 0 aliphatic heterocycles. The molecule has 0 saturated heterocycles. The maximum absolute atomic E-state index is 5.98. The molecule has 4 aliphatic carbocycles. The molecular weight excluding hydrogens is 244 g/mol. The first-order valence-corrected chi connectivity index (χ1v) is 7.49. The molecule has 0 atom stereocenters. The number of rotatable bonds is 2. The topological polar surface area (TPSA) is 24.9 Å². The Labute approximate surface area is 113 Å². The first-order chi connectivity index (χ1) is 8.71. The summed E-state index contributed by atoms with van der Waals surface area (Å²) >= 11 is 5.98. The van der Waals surface area contributed by atoms with E-state index in [2.05, 4.69) is 10.3 Å². The van der Waals surface area contributed by atoms with Gasteiger partial charge < -0.3 is 5.32 Å². The van der Waals surface area contributed by atoms with Crippen LogP contribution in [0.5, 0.6) is 0 Å². The van der Waals surface area contributed by atoms with Gasteiger partial charge in [0.1, 0.15) is 11.0 Å². The zero-order chi connectivity index (χ0) is 12.2. The third kappa shape index (κ3) is 1.82. The van der Waals surface area contributed by atoms with Gasteiger partial charge in [0, 0.05) is 5.54 Å². The van der Waals surface area contributed by atoms with Crippen LogP contribution >= 0.6 is 11.6 Å². The molecule has 4 bridgehead atoms. The molecule has 18 heavy (non-hydrogen) atoms. The summed E-state index contributed by atoms with van der Waals surface area (Å²) in [5, 5.41) is 4.32. The zero-order valence-electron chi connectivity index (χ0n) is 10.5. The first-order valence-electron chi connectivity index (χ1n) is 7.12. The highest BCUT2D eigenvalue weighted by Gasteiger charge is 2.50. The van der Waals surface area contributed by atoms with Crippen molar-refractivity contribution in [3.63, 3.8) is 0 Å². The van der Waals surface area contributed by atoms with E-state index in [0.717, 1.165) is 23.6 Å². The molecule has 3 heteroatoms. The number of aromatic nitrogens is 1. The lowest BCUT2D eigenvalue weighted by molar-refractivity contribution is 0.0105. The summed E-state index contributed by atoms with van der Waals surface area (Å²) in [7, 11) is 0. The lowest BCUT2D eigenvalue weighted by atomic mass is 9.53. The van der Waals surface area contributed by atoms with Gasteiger partial charge in [0.15, 0.2) is 0 Å². The van der Waals surface area contributed by atoms with Gasteiger partial charge in [0.2, 0.25) is 0 Å². The standard InChI is InChI=1S/C15H19ClN2/c16-13-2-1-3-14(17-13)18-15-7-10-4-11(8-15)6-12(5-10)9-15/h1-3,10-12H,4-9H2,(H,17,18). The van der Waals surface area contributed by atoms with Gasteiger partial charge in [-0.2, -0.15) is 0 Å². The molecule has 4 aliphatic rings. The maximum atomic E-state index is 5.98. The molecule has 0 spiro atoms. The zero-order valence-corrected chi connectivity index (χ0v) is 11.3. The Balaban J connectivity index is 1.60. The largest absolute Gasteiger partial charge is 0.365 e. The molecule has 96 valence electrons. The minimum absolute atomic E-state index is 0.326. The fourth-order valence-electron chi connectivity index (χ4n) is 5.01. The van der Waals surface area contributed by atoms with Crippen molar-refractivity contribution < 1.29 is 0 Å². The predicted molar refractivity (Wildman–Crippen MR) is 73.8 cm³/mol. The third-order valence-corrected chi connectivity index (χ3v) is 5.36. The molecule has 0 unspecified atom stereocenters. The van der Waals surface area contributed by atoms with Crippen LogP contribution in [0.4, 0.5) is 5.82 Å². The highest BCUT2D eigenvalue weighted by molar-refractivity contribution is 6.29. The highest BCUT2D eigenvalue weighted by atomic mass is 35.5. The predicted octanol–water partition coefficient (Wildman–Crippen LogP) is 4.12. The number of pyridine rings is 1. The molecule has 0 radical (unpaired) electrons. The van der Waals surface area contributed by atoms with Gasteiger partial charge in [-0.1, -0.05) is 17.7 Å². The van der Waals surface area contributed by atoms with Gasteiger partial charge in [-0.05, 0) is 68.4 Å². The number of halogens is 1. The Morgan fingerprint density at radius 2 is 1.67 bits per heavy atom. The average molecular weight is 263 g/mol. The quantitative estimate of drug-likeness (QED) is 0.811. The van der Waals surface area contributed by atoms with Crippen LogP contribution in [0.3, 0.4) is 0 Å². The molecule has 5 rings (SSSR count). The van der Waals surface area contributed by atoms with E-state index < -0.39 is 0 Å². The minimum atomic E-state index is 0.326. The van der Waals surface area contributed by atoms with Crippen LogP contribution in [0.25, 0.3) is 0 Å². The summed E-state index contributed by atoms with van der Waals surface area (Å²) in [5.41, 5.74) is 0.326. The average Bonchev–Trinajstić information content (AvgIpc) is 2.25. The summed E-state index contributed by atoms with van der Waals surface area (Å²) in [4.78, 5) is 4.40. The summed E-state index contributed by atoms with van der Waals surface area (Å²) in [5.74, 6) is 3.85. The molecule has 1 aromatic rings. The van der Waals surface area contributed by atoms with Gasteiger partial charge in [-0.3, -0.25) is 0 Å². The van der Waals surface area contributed by atoms with E-state index in [4.69, 9.17) is 11.6 Å². The first kappa shape index (κ1) is 11.1. The summed E-state index contributed by atoms with van der Waals surface area (Å²) < 4.78 is 0. The van der Waals surface area contributed by atoms with Crippen LogP contribution in [0.15, 0.2) is 18.2 Å². The molecule has 1 heterocycles. The van der Waals surface area contributed by atoms with E-state index in [1.165, 1.54) is 38.5 Å². The SMILES string of the molecule is Clc1cccc(NC23CC4CC(CC(C4)C2)C3)n1. The van der Waals surface area contributed by atoms with Crippen molar-refractivity contribution in [2.24, 2.45) is 17.8 Å². The number of hydrogen-bond donors (Lipinski definition) is 1. The van der Waals surface area contributed by atoms with Crippen LogP contribution in [0.2, 0.25) is 5.15 Å². The second-order valence-electron chi connectivity index (χ2n) is 6.67. The monoisotopic (exact) mass is 262 g/mol. The van der Waals surface area contributed by atoms with Crippen molar-refractivity contribution in [2.45, 2.75) is 44.1 Å². The van der Waals surface area contributed by atoms with Crippen molar-refractivity contribution in [3.05, 3.63) is 23.4 Å². The van der Waals surface area contributed by atoms with Crippen molar-refractivity contribution >= 4 is 17.4 Å². The molecule has 1 aromatic heterocycles. The molecule has 4 saturated carbocycles. The number of hydrogen-bond acceptors (Lipinski definition) is 2. The fourth-order valence-corrected chi connectivity index (χ4v) is 5.18. The van der Waals surface area contributed by atoms with E-state index in [0.29, 0.717) is 10.7 Å². The van der Waals surface area contributed by atoms with Gasteiger partial charge in [0.25, 0.3) is 0 Å². The number of nitrogens with one attached hydrogen (secondary N) is 1. The fraction of sp³-hybridized carbons (Fsp3) is 0.667. The smallest absolute Gasteiger partial charge is 0.131 e. The summed E-state index contributed by atoms with van der Waals surface area (Å²) in [6, 6.07) is 5.87. The highest BCUT2D eigenvalue weighted by Crippen LogP contribution is 2.56. The van der Waals surface area contributed by atoms with E-state index >= 15 is 0 Å². The Kier molecular flexibility index (Phi) is 2.38. The van der Waals surface area contributed by atoms with Gasteiger partial charge in [-0.15, -0.1) is 0 Å². The van der Waals surface area contributed by atoms with Gasteiger partial charge in [0.05, 0.1) is 0 Å². The molecular formula is C15H19ClN2. The van der Waals surface area contributed by atoms with E-state index in [1.807, 2.05) is 18.2 Å². The van der Waals surface area contributed by atoms with E-state index in [-0.39, 0.29) is 0 Å². The Morgan fingerprint density at radius 1 is 1.06 bits per heavy atom. The van der Waals surface area contributed by atoms with Crippen LogP contribution in [-0.2, 0) is 0 Å². The van der Waals surface area contributed by atoms with Crippen LogP contribution in [0.1, 0.15) is 38.5 Å². The van der Waals surface area contributed by atoms with Crippen LogP contribution in [-0.4, -0.2) is 10.5 Å². The van der Waals surface area contributed by atoms with Crippen LogP contribution in [0, 0.1) is 17.8 Å². The number of nitrogens with zero attached hydrogens (tertiary/aromatic N) is 1. The van der Waals surface area contributed by atoms with Gasteiger partial charge in [-0.25, -0.2) is 4.98 Å². The van der Waals surface area contributed by atoms with Crippen molar-refractivity contribution in [1.29, 1.82) is 0 Å². The van der Waals surface area contributed by atoms with Crippen LogP contribution < -0.4 is 5.32 Å². The van der Waals surface area contributed by atoms with Crippen molar-refractivity contribution in [1.82, 2.24) is 4.98 Å². The molecule has 4 fully saturated rings.